The molecule has 0 aliphatic carbocycles. The largest absolute Gasteiger partial charge is 0.389 e. The van der Waals surface area contributed by atoms with Gasteiger partial charge in [0.15, 0.2) is 0 Å². The van der Waals surface area contributed by atoms with E-state index in [4.69, 9.17) is 0 Å². The first-order valence-corrected chi connectivity index (χ1v) is 5.23. The zero-order valence-corrected chi connectivity index (χ0v) is 9.43. The van der Waals surface area contributed by atoms with E-state index in [1.54, 1.807) is 7.05 Å². The smallest absolute Gasteiger partial charge is 0.313 e. The average Bonchev–Trinajstić information content (AvgIpc) is 2.20. The average molecular weight is 231 g/mol. The summed E-state index contributed by atoms with van der Waals surface area (Å²) in [6.45, 7) is 1.95. The van der Waals surface area contributed by atoms with Gasteiger partial charge in [0.2, 0.25) is 0 Å². The quantitative estimate of drug-likeness (QED) is 0.834. The Labute approximate surface area is 93.7 Å². The molecule has 0 fully saturated rings. The lowest BCUT2D eigenvalue weighted by atomic mass is 10.0. The third kappa shape index (κ3) is 4.23. The summed E-state index contributed by atoms with van der Waals surface area (Å²) in [4.78, 5) is 0. The highest BCUT2D eigenvalue weighted by Crippen LogP contribution is 2.27. The van der Waals surface area contributed by atoms with Crippen LogP contribution < -0.4 is 5.32 Å². The maximum atomic E-state index is 12.1. The van der Waals surface area contributed by atoms with E-state index in [1.807, 2.05) is 31.2 Å². The van der Waals surface area contributed by atoms with Crippen LogP contribution in [0.25, 0.3) is 0 Å². The van der Waals surface area contributed by atoms with E-state index in [9.17, 15) is 13.2 Å². The predicted molar refractivity (Wildman–Crippen MR) is 58.3 cm³/mol. The third-order valence-corrected chi connectivity index (χ3v) is 2.54. The number of aryl methyl sites for hydroxylation is 1. The fraction of sp³-hybridized carbons (Fsp3) is 0.500. The van der Waals surface area contributed by atoms with Crippen molar-refractivity contribution in [3.05, 3.63) is 35.4 Å². The minimum absolute atomic E-state index is 0.0725. The molecule has 1 aromatic rings. The molecule has 0 aliphatic rings. The van der Waals surface area contributed by atoms with E-state index < -0.39 is 12.6 Å². The number of hydrogen-bond acceptors (Lipinski definition) is 1. The van der Waals surface area contributed by atoms with Gasteiger partial charge >= 0.3 is 6.18 Å². The summed E-state index contributed by atoms with van der Waals surface area (Å²) >= 11 is 0. The normalized spacial score (nSPS) is 13.8. The summed E-state index contributed by atoms with van der Waals surface area (Å²) in [6, 6.07) is 7.32. The molecule has 1 unspecified atom stereocenters. The zero-order valence-electron chi connectivity index (χ0n) is 9.43. The molecule has 1 N–H and O–H groups in total. The Morgan fingerprint density at radius 2 is 1.75 bits per heavy atom. The molecule has 0 aromatic heterocycles. The molecule has 1 rings (SSSR count). The van der Waals surface area contributed by atoms with Crippen LogP contribution in [0.2, 0.25) is 0 Å². The van der Waals surface area contributed by atoms with Gasteiger partial charge in [0.25, 0.3) is 0 Å². The van der Waals surface area contributed by atoms with E-state index in [0.717, 1.165) is 11.1 Å². The van der Waals surface area contributed by atoms with Gasteiger partial charge in [-0.1, -0.05) is 29.8 Å². The molecule has 0 heterocycles. The summed E-state index contributed by atoms with van der Waals surface area (Å²) in [5, 5.41) is 2.91. The van der Waals surface area contributed by atoms with Gasteiger partial charge in [0, 0.05) is 12.5 Å². The van der Waals surface area contributed by atoms with Crippen LogP contribution in [0, 0.1) is 6.92 Å². The molecular formula is C12H16F3N. The number of benzene rings is 1. The highest BCUT2D eigenvalue weighted by Gasteiger charge is 2.28. The molecule has 0 saturated heterocycles. The Morgan fingerprint density at radius 1 is 1.19 bits per heavy atom. The second-order valence-corrected chi connectivity index (χ2v) is 3.91. The second-order valence-electron chi connectivity index (χ2n) is 3.91. The first-order chi connectivity index (χ1) is 7.42. The van der Waals surface area contributed by atoms with Gasteiger partial charge in [-0.3, -0.25) is 0 Å². The molecule has 90 valence electrons. The van der Waals surface area contributed by atoms with Crippen LogP contribution in [0.3, 0.4) is 0 Å². The van der Waals surface area contributed by atoms with Gasteiger partial charge in [-0.2, -0.15) is 13.2 Å². The topological polar surface area (TPSA) is 12.0 Å². The van der Waals surface area contributed by atoms with Crippen molar-refractivity contribution in [3.8, 4) is 0 Å². The maximum Gasteiger partial charge on any atom is 0.389 e. The molecule has 0 bridgehead atoms. The number of halogens is 3. The van der Waals surface area contributed by atoms with Gasteiger partial charge in [0.1, 0.15) is 0 Å². The van der Waals surface area contributed by atoms with Crippen molar-refractivity contribution >= 4 is 0 Å². The lowest BCUT2D eigenvalue weighted by Crippen LogP contribution is -2.19. The molecular weight excluding hydrogens is 215 g/mol. The van der Waals surface area contributed by atoms with Gasteiger partial charge in [-0.25, -0.2) is 0 Å². The second kappa shape index (κ2) is 5.34. The molecule has 1 aromatic carbocycles. The van der Waals surface area contributed by atoms with E-state index >= 15 is 0 Å². The van der Waals surface area contributed by atoms with E-state index in [-0.39, 0.29) is 12.5 Å². The van der Waals surface area contributed by atoms with Crippen LogP contribution >= 0.6 is 0 Å². The Bertz CT molecular complexity index is 316. The summed E-state index contributed by atoms with van der Waals surface area (Å²) in [7, 11) is 1.68. The monoisotopic (exact) mass is 231 g/mol. The summed E-state index contributed by atoms with van der Waals surface area (Å²) in [5.41, 5.74) is 2.01. The molecule has 0 amide bonds. The number of rotatable bonds is 4. The van der Waals surface area contributed by atoms with Crippen LogP contribution in [0.1, 0.15) is 30.0 Å². The zero-order chi connectivity index (χ0) is 12.2. The SMILES string of the molecule is CNC(CCC(F)(F)F)c1ccc(C)cc1. The number of alkyl halides is 3. The number of hydrogen-bond donors (Lipinski definition) is 1. The Hall–Kier alpha value is -1.03. The van der Waals surface area contributed by atoms with E-state index in [0.29, 0.717) is 0 Å². The van der Waals surface area contributed by atoms with Gasteiger partial charge < -0.3 is 5.32 Å². The van der Waals surface area contributed by atoms with Crippen molar-refractivity contribution in [1.82, 2.24) is 5.32 Å². The van der Waals surface area contributed by atoms with Crippen LogP contribution in [-0.2, 0) is 0 Å². The summed E-state index contributed by atoms with van der Waals surface area (Å²) in [6.07, 6.45) is -4.77. The molecule has 1 nitrogen and oxygen atoms in total. The summed E-state index contributed by atoms with van der Waals surface area (Å²) in [5.74, 6) is 0. The van der Waals surface area contributed by atoms with Crippen LogP contribution in [0.4, 0.5) is 13.2 Å². The molecule has 4 heteroatoms. The summed E-state index contributed by atoms with van der Waals surface area (Å²) < 4.78 is 36.3. The van der Waals surface area contributed by atoms with Gasteiger partial charge in [-0.15, -0.1) is 0 Å². The standard InChI is InChI=1S/C12H16F3N/c1-9-3-5-10(6-4-9)11(16-2)7-8-12(13,14)15/h3-6,11,16H,7-8H2,1-2H3. The van der Waals surface area contributed by atoms with Crippen molar-refractivity contribution in [2.75, 3.05) is 7.05 Å². The molecule has 0 aliphatic heterocycles. The van der Waals surface area contributed by atoms with Crippen LogP contribution in [0.5, 0.6) is 0 Å². The fourth-order valence-corrected chi connectivity index (χ4v) is 1.58. The first kappa shape index (κ1) is 13.0. The molecule has 0 saturated carbocycles. The van der Waals surface area contributed by atoms with Gasteiger partial charge in [0.05, 0.1) is 0 Å². The lowest BCUT2D eigenvalue weighted by Gasteiger charge is -2.17. The van der Waals surface area contributed by atoms with Crippen molar-refractivity contribution in [1.29, 1.82) is 0 Å². The predicted octanol–water partition coefficient (Wildman–Crippen LogP) is 3.60. The Morgan fingerprint density at radius 3 is 2.19 bits per heavy atom. The highest BCUT2D eigenvalue weighted by molar-refractivity contribution is 5.24. The molecule has 1 atom stereocenters. The minimum atomic E-state index is -4.08. The van der Waals surface area contributed by atoms with Crippen molar-refractivity contribution in [2.24, 2.45) is 0 Å². The Balaban J connectivity index is 2.64. The van der Waals surface area contributed by atoms with Crippen molar-refractivity contribution in [2.45, 2.75) is 32.0 Å². The molecule has 16 heavy (non-hydrogen) atoms. The van der Waals surface area contributed by atoms with Crippen molar-refractivity contribution < 1.29 is 13.2 Å². The van der Waals surface area contributed by atoms with E-state index in [1.165, 1.54) is 0 Å². The molecule has 0 spiro atoms. The minimum Gasteiger partial charge on any atom is -0.313 e. The van der Waals surface area contributed by atoms with Crippen LogP contribution in [-0.4, -0.2) is 13.2 Å². The van der Waals surface area contributed by atoms with Crippen LogP contribution in [0.15, 0.2) is 24.3 Å². The van der Waals surface area contributed by atoms with Crippen molar-refractivity contribution in [3.63, 3.8) is 0 Å². The first-order valence-electron chi connectivity index (χ1n) is 5.23. The lowest BCUT2D eigenvalue weighted by molar-refractivity contribution is -0.136. The fourth-order valence-electron chi connectivity index (χ4n) is 1.58. The third-order valence-electron chi connectivity index (χ3n) is 2.54. The number of nitrogens with one attached hydrogen (secondary N) is 1. The molecule has 0 radical (unpaired) electrons. The highest BCUT2D eigenvalue weighted by atomic mass is 19.4. The van der Waals surface area contributed by atoms with E-state index in [2.05, 4.69) is 5.32 Å². The van der Waals surface area contributed by atoms with Gasteiger partial charge in [-0.05, 0) is 26.0 Å². The maximum absolute atomic E-state index is 12.1. The Kier molecular flexibility index (Phi) is 4.35.